The van der Waals surface area contributed by atoms with Gasteiger partial charge in [0, 0.05) is 25.2 Å². The van der Waals surface area contributed by atoms with Crippen molar-refractivity contribution in [3.05, 3.63) is 52.3 Å². The first-order valence-electron chi connectivity index (χ1n) is 9.50. The number of aliphatic imine (C=N–C) groups is 2. The molecule has 1 heterocycles. The molecule has 2 rings (SSSR count). The highest BCUT2D eigenvalue weighted by molar-refractivity contribution is 6.07. The zero-order valence-corrected chi connectivity index (χ0v) is 17.6. The quantitative estimate of drug-likeness (QED) is 0.368. The maximum Gasteiger partial charge on any atom is 0.253 e. The van der Waals surface area contributed by atoms with Crippen molar-refractivity contribution in [3.8, 4) is 0 Å². The van der Waals surface area contributed by atoms with Gasteiger partial charge in [0.1, 0.15) is 0 Å². The van der Waals surface area contributed by atoms with Crippen LogP contribution in [0.1, 0.15) is 53.0 Å². The number of rotatable bonds is 6. The predicted molar refractivity (Wildman–Crippen MR) is 120 cm³/mol. The molecule has 0 bridgehead atoms. The van der Waals surface area contributed by atoms with Crippen LogP contribution in [0.25, 0.3) is 0 Å². The van der Waals surface area contributed by atoms with E-state index in [-0.39, 0.29) is 17.7 Å². The van der Waals surface area contributed by atoms with Crippen LogP contribution in [-0.2, 0) is 4.74 Å². The molecule has 0 atom stereocenters. The van der Waals surface area contributed by atoms with Gasteiger partial charge in [-0.2, -0.15) is 0 Å². The average Bonchev–Trinajstić information content (AvgIpc) is 3.08. The van der Waals surface area contributed by atoms with E-state index < -0.39 is 0 Å². The molecule has 0 saturated carbocycles. The Morgan fingerprint density at radius 1 is 1.33 bits per heavy atom. The second-order valence-corrected chi connectivity index (χ2v) is 6.66. The number of ether oxygens (including phenoxy) is 1. The van der Waals surface area contributed by atoms with Gasteiger partial charge >= 0.3 is 0 Å². The third kappa shape index (κ3) is 5.40. The van der Waals surface area contributed by atoms with E-state index in [0.717, 1.165) is 18.3 Å². The Labute approximate surface area is 175 Å². The van der Waals surface area contributed by atoms with E-state index in [4.69, 9.17) is 21.3 Å². The Morgan fingerprint density at radius 3 is 2.70 bits per heavy atom. The lowest BCUT2D eigenvalue weighted by atomic mass is 10.1. The second-order valence-electron chi connectivity index (χ2n) is 6.66. The Balaban J connectivity index is 2.47. The highest BCUT2D eigenvalue weighted by atomic mass is 16.5. The Bertz CT molecular complexity index is 1020. The number of aromatic nitrogens is 1. The summed E-state index contributed by atoms with van der Waals surface area (Å²) in [7, 11) is 0. The Morgan fingerprint density at radius 2 is 2.07 bits per heavy atom. The molecule has 1 aromatic carbocycles. The van der Waals surface area contributed by atoms with Gasteiger partial charge in [-0.25, -0.2) is 9.98 Å². The second kappa shape index (κ2) is 10.1. The highest BCUT2D eigenvalue weighted by Gasteiger charge is 2.17. The van der Waals surface area contributed by atoms with Gasteiger partial charge in [-0.05, 0) is 43.5 Å². The van der Waals surface area contributed by atoms with Gasteiger partial charge in [0.15, 0.2) is 11.7 Å². The van der Waals surface area contributed by atoms with Crippen LogP contribution in [0.3, 0.4) is 0 Å². The lowest BCUT2D eigenvalue weighted by Crippen LogP contribution is -2.24. The largest absolute Gasteiger partial charge is 0.426 e. The first-order chi connectivity index (χ1) is 14.3. The number of hydrogen-bond acceptors (Lipinski definition) is 5. The van der Waals surface area contributed by atoms with E-state index in [9.17, 15) is 4.79 Å². The molecular weight excluding hydrogens is 382 g/mol. The summed E-state index contributed by atoms with van der Waals surface area (Å²) < 4.78 is 5.07. The van der Waals surface area contributed by atoms with Gasteiger partial charge in [0.2, 0.25) is 5.90 Å². The molecule has 0 spiro atoms. The first-order valence-corrected chi connectivity index (χ1v) is 9.50. The molecule has 2 aromatic rings. The van der Waals surface area contributed by atoms with Crippen molar-refractivity contribution in [1.82, 2.24) is 10.3 Å². The number of nitrogens with one attached hydrogen (secondary N) is 4. The topological polar surface area (TPSA) is 153 Å². The molecule has 9 nitrogen and oxygen atoms in total. The Kier molecular flexibility index (Phi) is 7.62. The molecule has 0 unspecified atom stereocenters. The highest BCUT2D eigenvalue weighted by Crippen LogP contribution is 2.24. The van der Waals surface area contributed by atoms with Crippen molar-refractivity contribution in [1.29, 1.82) is 10.8 Å². The van der Waals surface area contributed by atoms with Crippen molar-refractivity contribution < 1.29 is 9.53 Å². The predicted octanol–water partition coefficient (Wildman–Crippen LogP) is 3.18. The fourth-order valence-corrected chi connectivity index (χ4v) is 2.71. The van der Waals surface area contributed by atoms with E-state index in [1.807, 2.05) is 20.8 Å². The van der Waals surface area contributed by atoms with Gasteiger partial charge in [0.05, 0.1) is 23.3 Å². The molecule has 0 aliphatic rings. The average molecular weight is 409 g/mol. The number of carbonyl (C=O) groups excluding carboxylic acids is 1. The molecule has 158 valence electrons. The summed E-state index contributed by atoms with van der Waals surface area (Å²) in [4.78, 5) is 24.2. The van der Waals surface area contributed by atoms with Gasteiger partial charge in [0.25, 0.3) is 5.91 Å². The monoisotopic (exact) mass is 409 g/mol. The van der Waals surface area contributed by atoms with E-state index in [0.29, 0.717) is 40.5 Å². The molecule has 9 heteroatoms. The molecule has 0 saturated heterocycles. The number of hydrogen-bond donors (Lipinski definition) is 5. The molecule has 0 aliphatic carbocycles. The Hall–Kier alpha value is -3.75. The van der Waals surface area contributed by atoms with Gasteiger partial charge in [-0.15, -0.1) is 0 Å². The van der Waals surface area contributed by atoms with Crippen molar-refractivity contribution in [2.45, 2.75) is 34.1 Å². The fourth-order valence-electron chi connectivity index (χ4n) is 2.71. The van der Waals surface area contributed by atoms with E-state index in [1.54, 1.807) is 24.4 Å². The summed E-state index contributed by atoms with van der Waals surface area (Å²) in [5.41, 5.74) is 9.22. The zero-order valence-electron chi connectivity index (χ0n) is 17.6. The summed E-state index contributed by atoms with van der Waals surface area (Å²) >= 11 is 0. The van der Waals surface area contributed by atoms with Crippen LogP contribution in [0.2, 0.25) is 0 Å². The van der Waals surface area contributed by atoms with Crippen LogP contribution in [0.4, 0.5) is 5.69 Å². The molecular formula is C21H27N7O2. The normalized spacial score (nSPS) is 11.5. The molecule has 0 aliphatic heterocycles. The number of H-pyrrole nitrogens is 1. The number of aryl methyl sites for hydroxylation is 1. The standard InChI is InChI=1S/C21H27N7O2/c1-5-8-25-21(29)16-10-26-18(13(16)3)20(27-11-22)28-17-9-15(7-6-12(17)2)19(24)30-14(4)23/h6-7,9-11,23-24,26H,5,8H2,1-4H3,(H,25,29)(H2,22,27,28). The molecule has 30 heavy (non-hydrogen) atoms. The summed E-state index contributed by atoms with van der Waals surface area (Å²) in [6.45, 7) is 7.73. The SMILES string of the molecule is CCCNC(=O)c1c[nH]c(C(N=CN)=Nc2cc(C(=N)OC(C)=N)ccc2C)c1C. The smallest absolute Gasteiger partial charge is 0.253 e. The van der Waals surface area contributed by atoms with Crippen LogP contribution in [-0.4, -0.2) is 41.4 Å². The van der Waals surface area contributed by atoms with Crippen LogP contribution in [0.15, 0.2) is 34.4 Å². The number of benzene rings is 1. The van der Waals surface area contributed by atoms with Crippen molar-refractivity contribution >= 4 is 35.6 Å². The molecule has 1 amide bonds. The van der Waals surface area contributed by atoms with Gasteiger partial charge in [-0.1, -0.05) is 13.0 Å². The van der Waals surface area contributed by atoms with E-state index in [1.165, 1.54) is 6.92 Å². The first kappa shape index (κ1) is 22.5. The zero-order chi connectivity index (χ0) is 22.3. The third-order valence-corrected chi connectivity index (χ3v) is 4.29. The molecule has 0 radical (unpaired) electrons. The molecule has 6 N–H and O–H groups in total. The van der Waals surface area contributed by atoms with Crippen LogP contribution in [0, 0.1) is 24.7 Å². The van der Waals surface area contributed by atoms with E-state index in [2.05, 4.69) is 20.3 Å². The van der Waals surface area contributed by atoms with Crippen LogP contribution < -0.4 is 11.1 Å². The third-order valence-electron chi connectivity index (χ3n) is 4.29. The van der Waals surface area contributed by atoms with Crippen LogP contribution >= 0.6 is 0 Å². The van der Waals surface area contributed by atoms with Crippen molar-refractivity contribution in [2.24, 2.45) is 15.7 Å². The molecule has 1 aromatic heterocycles. The number of nitrogens with zero attached hydrogens (tertiary/aromatic N) is 2. The maximum absolute atomic E-state index is 12.3. The van der Waals surface area contributed by atoms with Gasteiger partial charge < -0.3 is 20.8 Å². The van der Waals surface area contributed by atoms with Crippen molar-refractivity contribution in [3.63, 3.8) is 0 Å². The summed E-state index contributed by atoms with van der Waals surface area (Å²) in [6.07, 6.45) is 3.60. The number of amides is 1. The fraction of sp³-hybridized carbons (Fsp3) is 0.286. The van der Waals surface area contributed by atoms with Crippen LogP contribution in [0.5, 0.6) is 0 Å². The summed E-state index contributed by atoms with van der Waals surface area (Å²) in [5.74, 6) is -0.0807. The lowest BCUT2D eigenvalue weighted by molar-refractivity contribution is 0.0953. The number of aromatic amines is 1. The van der Waals surface area contributed by atoms with Crippen molar-refractivity contribution in [2.75, 3.05) is 6.54 Å². The minimum absolute atomic E-state index is 0.0741. The number of nitrogens with two attached hydrogens (primary N) is 1. The number of carbonyl (C=O) groups is 1. The number of amidine groups is 1. The summed E-state index contributed by atoms with van der Waals surface area (Å²) in [6, 6.07) is 5.21. The molecule has 0 fully saturated rings. The van der Waals surface area contributed by atoms with Gasteiger partial charge in [-0.3, -0.25) is 15.6 Å². The minimum Gasteiger partial charge on any atom is -0.426 e. The summed E-state index contributed by atoms with van der Waals surface area (Å²) in [5, 5.41) is 18.2. The maximum atomic E-state index is 12.3. The minimum atomic E-state index is -0.168. The van der Waals surface area contributed by atoms with E-state index >= 15 is 0 Å². The lowest BCUT2D eigenvalue weighted by Gasteiger charge is -2.09.